The minimum absolute atomic E-state index is 0.257. The molecule has 5 heteroatoms. The minimum atomic E-state index is -0.411. The Bertz CT molecular complexity index is 599. The lowest BCUT2D eigenvalue weighted by Gasteiger charge is -2.34. The van der Waals surface area contributed by atoms with Crippen LogP contribution in [0.15, 0.2) is 28.8 Å². The molecule has 1 aliphatic carbocycles. The van der Waals surface area contributed by atoms with E-state index in [2.05, 4.69) is 10.1 Å². The van der Waals surface area contributed by atoms with E-state index >= 15 is 0 Å². The first kappa shape index (κ1) is 12.0. The van der Waals surface area contributed by atoms with Crippen LogP contribution < -0.4 is 5.73 Å². The fourth-order valence-corrected chi connectivity index (χ4v) is 2.03. The lowest BCUT2D eigenvalue weighted by atomic mass is 9.77. The Morgan fingerprint density at radius 2 is 1.95 bits per heavy atom. The fourth-order valence-electron chi connectivity index (χ4n) is 2.03. The number of nitrogens with two attached hydrogens (primary N) is 1. The Kier molecular flexibility index (Phi) is 2.91. The van der Waals surface area contributed by atoms with Crippen molar-refractivity contribution in [2.24, 2.45) is 5.73 Å². The molecule has 2 N–H and O–H groups in total. The van der Waals surface area contributed by atoms with Crippen LogP contribution in [0, 0.1) is 5.82 Å². The highest BCUT2D eigenvalue weighted by Crippen LogP contribution is 2.36. The van der Waals surface area contributed by atoms with Gasteiger partial charge in [-0.05, 0) is 43.0 Å². The number of benzene rings is 1. The van der Waals surface area contributed by atoms with E-state index in [1.807, 2.05) is 0 Å². The maximum atomic E-state index is 12.8. The van der Waals surface area contributed by atoms with Gasteiger partial charge in [0, 0.05) is 6.08 Å². The second-order valence-electron chi connectivity index (χ2n) is 4.85. The zero-order valence-electron chi connectivity index (χ0n) is 10.3. The molecule has 19 heavy (non-hydrogen) atoms. The van der Waals surface area contributed by atoms with Crippen LogP contribution in [-0.4, -0.2) is 10.1 Å². The molecule has 0 aliphatic heterocycles. The third-order valence-electron chi connectivity index (χ3n) is 3.42. The second kappa shape index (κ2) is 4.59. The summed E-state index contributed by atoms with van der Waals surface area (Å²) in [7, 11) is 0. The third-order valence-corrected chi connectivity index (χ3v) is 3.42. The molecule has 0 saturated heterocycles. The molecule has 0 radical (unpaired) electrons. The summed E-state index contributed by atoms with van der Waals surface area (Å²) in [4.78, 5) is 4.27. The van der Waals surface area contributed by atoms with Crippen molar-refractivity contribution >= 4 is 12.2 Å². The van der Waals surface area contributed by atoms with Gasteiger partial charge >= 0.3 is 0 Å². The lowest BCUT2D eigenvalue weighted by Crippen LogP contribution is -2.44. The van der Waals surface area contributed by atoms with E-state index in [9.17, 15) is 4.39 Å². The van der Waals surface area contributed by atoms with Crippen LogP contribution in [0.4, 0.5) is 4.39 Å². The smallest absolute Gasteiger partial charge is 0.250 e. The first-order chi connectivity index (χ1) is 9.16. The molecule has 4 nitrogen and oxygen atoms in total. The molecule has 1 saturated carbocycles. The number of rotatable bonds is 3. The Morgan fingerprint density at radius 3 is 2.58 bits per heavy atom. The monoisotopic (exact) mass is 259 g/mol. The largest absolute Gasteiger partial charge is 0.335 e. The van der Waals surface area contributed by atoms with Crippen molar-refractivity contribution in [3.8, 4) is 0 Å². The van der Waals surface area contributed by atoms with E-state index in [1.165, 1.54) is 12.1 Å². The van der Waals surface area contributed by atoms with Crippen LogP contribution in [0.3, 0.4) is 0 Å². The Morgan fingerprint density at radius 1 is 1.21 bits per heavy atom. The summed E-state index contributed by atoms with van der Waals surface area (Å²) in [6, 6.07) is 6.17. The van der Waals surface area contributed by atoms with Gasteiger partial charge in [-0.25, -0.2) is 4.39 Å². The number of hydrogen-bond donors (Lipinski definition) is 1. The van der Waals surface area contributed by atoms with Crippen LogP contribution in [0.2, 0.25) is 0 Å². The summed E-state index contributed by atoms with van der Waals surface area (Å²) in [5.41, 5.74) is 6.57. The Balaban J connectivity index is 1.75. The highest BCUT2D eigenvalue weighted by atomic mass is 19.1. The molecular formula is C14H14FN3O. The van der Waals surface area contributed by atoms with Gasteiger partial charge in [0.15, 0.2) is 5.82 Å². The summed E-state index contributed by atoms with van der Waals surface area (Å²) < 4.78 is 17.9. The van der Waals surface area contributed by atoms with Crippen molar-refractivity contribution in [1.29, 1.82) is 0 Å². The molecule has 1 heterocycles. The van der Waals surface area contributed by atoms with Crippen LogP contribution in [-0.2, 0) is 5.54 Å². The summed E-state index contributed by atoms with van der Waals surface area (Å²) in [5.74, 6) is 0.723. The van der Waals surface area contributed by atoms with Crippen LogP contribution in [0.5, 0.6) is 0 Å². The van der Waals surface area contributed by atoms with E-state index in [-0.39, 0.29) is 5.82 Å². The van der Waals surface area contributed by atoms with E-state index in [1.54, 1.807) is 24.3 Å². The standard InChI is InChI=1S/C14H14FN3O/c15-11-5-2-10(3-6-11)4-7-12-17-13(18-19-12)14(16)8-1-9-14/h2-7H,1,8-9,16H2/b7-4+. The van der Waals surface area contributed by atoms with Gasteiger partial charge in [-0.15, -0.1) is 0 Å². The predicted octanol–water partition coefficient (Wildman–Crippen LogP) is 2.72. The average molecular weight is 259 g/mol. The number of nitrogens with zero attached hydrogens (tertiary/aromatic N) is 2. The molecule has 1 aromatic heterocycles. The maximum Gasteiger partial charge on any atom is 0.250 e. The van der Waals surface area contributed by atoms with Gasteiger partial charge in [-0.2, -0.15) is 4.98 Å². The molecule has 1 fully saturated rings. The van der Waals surface area contributed by atoms with Gasteiger partial charge in [0.2, 0.25) is 0 Å². The molecule has 0 amide bonds. The van der Waals surface area contributed by atoms with E-state index < -0.39 is 5.54 Å². The molecule has 1 aliphatic rings. The van der Waals surface area contributed by atoms with E-state index in [0.717, 1.165) is 24.8 Å². The molecular weight excluding hydrogens is 245 g/mol. The van der Waals surface area contributed by atoms with Crippen molar-refractivity contribution < 1.29 is 8.91 Å². The van der Waals surface area contributed by atoms with Crippen molar-refractivity contribution in [1.82, 2.24) is 10.1 Å². The van der Waals surface area contributed by atoms with Crippen molar-refractivity contribution in [2.75, 3.05) is 0 Å². The Hall–Kier alpha value is -2.01. The second-order valence-corrected chi connectivity index (χ2v) is 4.85. The van der Waals surface area contributed by atoms with Gasteiger partial charge in [0.25, 0.3) is 5.89 Å². The topological polar surface area (TPSA) is 64.9 Å². The van der Waals surface area contributed by atoms with Crippen LogP contribution in [0.25, 0.3) is 12.2 Å². The van der Waals surface area contributed by atoms with Gasteiger partial charge in [-0.1, -0.05) is 17.3 Å². The predicted molar refractivity (Wildman–Crippen MR) is 69.3 cm³/mol. The molecule has 0 bridgehead atoms. The highest BCUT2D eigenvalue weighted by Gasteiger charge is 2.38. The maximum absolute atomic E-state index is 12.8. The summed E-state index contributed by atoms with van der Waals surface area (Å²) in [5, 5.41) is 3.91. The lowest BCUT2D eigenvalue weighted by molar-refractivity contribution is 0.229. The molecule has 3 rings (SSSR count). The quantitative estimate of drug-likeness (QED) is 0.920. The normalized spacial score (nSPS) is 17.6. The highest BCUT2D eigenvalue weighted by molar-refractivity contribution is 5.65. The first-order valence-electron chi connectivity index (χ1n) is 6.22. The fraction of sp³-hybridized carbons (Fsp3) is 0.286. The zero-order chi connectivity index (χ0) is 13.3. The van der Waals surface area contributed by atoms with Crippen LogP contribution in [0.1, 0.15) is 36.5 Å². The SMILES string of the molecule is NC1(c2noc(/C=C/c3ccc(F)cc3)n2)CCC1. The average Bonchev–Trinajstić information content (AvgIpc) is 2.84. The summed E-state index contributed by atoms with van der Waals surface area (Å²) >= 11 is 0. The van der Waals surface area contributed by atoms with Crippen molar-refractivity contribution in [3.63, 3.8) is 0 Å². The molecule has 0 atom stereocenters. The molecule has 0 unspecified atom stereocenters. The van der Waals surface area contributed by atoms with Crippen molar-refractivity contribution in [3.05, 3.63) is 47.4 Å². The minimum Gasteiger partial charge on any atom is -0.335 e. The van der Waals surface area contributed by atoms with Gasteiger partial charge in [0.05, 0.1) is 5.54 Å². The zero-order valence-corrected chi connectivity index (χ0v) is 10.3. The molecule has 98 valence electrons. The molecule has 2 aromatic rings. The third kappa shape index (κ3) is 2.42. The van der Waals surface area contributed by atoms with Crippen molar-refractivity contribution in [2.45, 2.75) is 24.8 Å². The van der Waals surface area contributed by atoms with Gasteiger partial charge < -0.3 is 10.3 Å². The molecule has 0 spiro atoms. The van der Waals surface area contributed by atoms with Gasteiger partial charge in [0.1, 0.15) is 5.82 Å². The number of hydrogen-bond acceptors (Lipinski definition) is 4. The van der Waals surface area contributed by atoms with Gasteiger partial charge in [-0.3, -0.25) is 0 Å². The summed E-state index contributed by atoms with van der Waals surface area (Å²) in [6.45, 7) is 0. The number of halogens is 1. The Labute approximate surface area is 110 Å². The van der Waals surface area contributed by atoms with E-state index in [0.29, 0.717) is 11.7 Å². The van der Waals surface area contributed by atoms with E-state index in [4.69, 9.17) is 10.3 Å². The first-order valence-corrected chi connectivity index (χ1v) is 6.22. The number of aromatic nitrogens is 2. The molecule has 1 aromatic carbocycles. The van der Waals surface area contributed by atoms with Crippen LogP contribution >= 0.6 is 0 Å². The summed E-state index contributed by atoms with van der Waals surface area (Å²) in [6.07, 6.45) is 6.39.